The van der Waals surface area contributed by atoms with Crippen LogP contribution < -0.4 is 15.4 Å². The maximum absolute atomic E-state index is 10.6. The van der Waals surface area contributed by atoms with E-state index in [1.165, 1.54) is 4.90 Å². The van der Waals surface area contributed by atoms with Crippen LogP contribution in [0.1, 0.15) is 0 Å². The van der Waals surface area contributed by atoms with Crippen LogP contribution in [0.25, 0.3) is 0 Å². The molecule has 0 fully saturated rings. The molecule has 0 amide bonds. The van der Waals surface area contributed by atoms with Crippen molar-refractivity contribution in [2.24, 2.45) is 5.73 Å². The van der Waals surface area contributed by atoms with Gasteiger partial charge in [0.05, 0.1) is 5.69 Å². The Balaban J connectivity index is 2.30. The van der Waals surface area contributed by atoms with E-state index in [9.17, 15) is 4.79 Å². The zero-order valence-corrected chi connectivity index (χ0v) is 7.38. The molecule has 5 nitrogen and oxygen atoms in total. The Morgan fingerprint density at radius 2 is 2.29 bits per heavy atom. The fraction of sp³-hybridized carbons (Fsp3) is 0.222. The van der Waals surface area contributed by atoms with E-state index in [2.05, 4.69) is 0 Å². The monoisotopic (exact) mass is 194 g/mol. The SMILES string of the molecule is NC1Oc2ccccc2N1CC(=O)O. The zero-order chi connectivity index (χ0) is 10.1. The van der Waals surface area contributed by atoms with Gasteiger partial charge in [0.25, 0.3) is 0 Å². The molecule has 74 valence electrons. The minimum Gasteiger partial charge on any atom is -0.480 e. The zero-order valence-electron chi connectivity index (χ0n) is 7.38. The number of para-hydroxylation sites is 2. The standard InChI is InChI=1S/C9H10N2O3/c10-9-11(5-8(12)13)6-3-1-2-4-7(6)14-9/h1-4,9H,5,10H2,(H,12,13). The number of ether oxygens (including phenoxy) is 1. The van der Waals surface area contributed by atoms with E-state index in [4.69, 9.17) is 15.6 Å². The van der Waals surface area contributed by atoms with Gasteiger partial charge in [-0.25, -0.2) is 0 Å². The number of benzene rings is 1. The maximum atomic E-state index is 10.6. The Morgan fingerprint density at radius 3 is 3.00 bits per heavy atom. The van der Waals surface area contributed by atoms with E-state index < -0.39 is 12.3 Å². The van der Waals surface area contributed by atoms with Gasteiger partial charge in [0.1, 0.15) is 12.3 Å². The van der Waals surface area contributed by atoms with Crippen LogP contribution in [0, 0.1) is 0 Å². The molecule has 0 aliphatic carbocycles. The lowest BCUT2D eigenvalue weighted by Gasteiger charge is -2.18. The highest BCUT2D eigenvalue weighted by molar-refractivity contribution is 5.76. The number of carbonyl (C=O) groups is 1. The summed E-state index contributed by atoms with van der Waals surface area (Å²) in [6, 6.07) is 7.17. The van der Waals surface area contributed by atoms with Crippen molar-refractivity contribution >= 4 is 11.7 Å². The second-order valence-electron chi connectivity index (χ2n) is 3.00. The quantitative estimate of drug-likeness (QED) is 0.704. The molecule has 0 saturated heterocycles. The van der Waals surface area contributed by atoms with Gasteiger partial charge in [-0.3, -0.25) is 10.5 Å². The first-order valence-corrected chi connectivity index (χ1v) is 4.18. The molecule has 2 rings (SSSR count). The third kappa shape index (κ3) is 1.38. The number of hydrogen-bond donors (Lipinski definition) is 2. The normalized spacial score (nSPS) is 18.9. The number of hydrogen-bond acceptors (Lipinski definition) is 4. The van der Waals surface area contributed by atoms with Crippen LogP contribution in [-0.2, 0) is 4.79 Å². The molecule has 3 N–H and O–H groups in total. The lowest BCUT2D eigenvalue weighted by atomic mass is 10.3. The molecule has 14 heavy (non-hydrogen) atoms. The molecule has 0 spiro atoms. The van der Waals surface area contributed by atoms with Crippen molar-refractivity contribution in [1.29, 1.82) is 0 Å². The van der Waals surface area contributed by atoms with E-state index >= 15 is 0 Å². The number of rotatable bonds is 2. The third-order valence-electron chi connectivity index (χ3n) is 2.04. The van der Waals surface area contributed by atoms with Crippen molar-refractivity contribution in [3.63, 3.8) is 0 Å². The lowest BCUT2D eigenvalue weighted by molar-refractivity contribution is -0.135. The van der Waals surface area contributed by atoms with Crippen molar-refractivity contribution in [2.45, 2.75) is 6.35 Å². The van der Waals surface area contributed by atoms with Crippen molar-refractivity contribution in [1.82, 2.24) is 0 Å². The molecular formula is C9H10N2O3. The summed E-state index contributed by atoms with van der Waals surface area (Å²) in [5, 5.41) is 8.66. The number of fused-ring (bicyclic) bond motifs is 1. The molecule has 1 heterocycles. The molecule has 1 aromatic rings. The minimum absolute atomic E-state index is 0.155. The molecule has 0 radical (unpaired) electrons. The van der Waals surface area contributed by atoms with Crippen LogP contribution in [-0.4, -0.2) is 24.0 Å². The van der Waals surface area contributed by atoms with E-state index in [1.54, 1.807) is 12.1 Å². The summed E-state index contributed by atoms with van der Waals surface area (Å²) in [6.45, 7) is -0.155. The number of nitrogens with zero attached hydrogens (tertiary/aromatic N) is 1. The molecule has 0 aromatic heterocycles. The smallest absolute Gasteiger partial charge is 0.323 e. The maximum Gasteiger partial charge on any atom is 0.323 e. The summed E-state index contributed by atoms with van der Waals surface area (Å²) in [4.78, 5) is 12.1. The first-order valence-electron chi connectivity index (χ1n) is 4.18. The lowest BCUT2D eigenvalue weighted by Crippen LogP contribution is -2.44. The summed E-state index contributed by atoms with van der Waals surface area (Å²) in [6.07, 6.45) is -0.705. The second-order valence-corrected chi connectivity index (χ2v) is 3.00. The van der Waals surface area contributed by atoms with Gasteiger partial charge in [0.15, 0.2) is 0 Å². The molecule has 1 aliphatic heterocycles. The Morgan fingerprint density at radius 1 is 1.57 bits per heavy atom. The molecule has 1 unspecified atom stereocenters. The second kappa shape index (κ2) is 3.19. The van der Waals surface area contributed by atoms with Crippen molar-refractivity contribution in [3.05, 3.63) is 24.3 Å². The van der Waals surface area contributed by atoms with Gasteiger partial charge < -0.3 is 14.7 Å². The summed E-state index contributed by atoms with van der Waals surface area (Å²) in [7, 11) is 0. The topological polar surface area (TPSA) is 75.8 Å². The van der Waals surface area contributed by atoms with Gasteiger partial charge in [0, 0.05) is 0 Å². The van der Waals surface area contributed by atoms with Gasteiger partial charge in [-0.2, -0.15) is 0 Å². The van der Waals surface area contributed by atoms with Crippen molar-refractivity contribution < 1.29 is 14.6 Å². The Kier molecular flexibility index (Phi) is 2.01. The van der Waals surface area contributed by atoms with Gasteiger partial charge in [-0.05, 0) is 12.1 Å². The summed E-state index contributed by atoms with van der Waals surface area (Å²) in [5.41, 5.74) is 6.34. The predicted octanol–water partition coefficient (Wildman–Crippen LogP) is 0.212. The predicted molar refractivity (Wildman–Crippen MR) is 50.0 cm³/mol. The molecular weight excluding hydrogens is 184 g/mol. The number of aliphatic carboxylic acids is 1. The Labute approximate surface area is 80.7 Å². The highest BCUT2D eigenvalue weighted by Gasteiger charge is 2.28. The van der Waals surface area contributed by atoms with E-state index in [-0.39, 0.29) is 6.54 Å². The van der Waals surface area contributed by atoms with Gasteiger partial charge in [0.2, 0.25) is 6.35 Å². The van der Waals surface area contributed by atoms with Crippen LogP contribution >= 0.6 is 0 Å². The first-order chi connectivity index (χ1) is 6.68. The Bertz CT molecular complexity index is 367. The van der Waals surface area contributed by atoms with E-state index in [1.807, 2.05) is 12.1 Å². The summed E-state index contributed by atoms with van der Waals surface area (Å²) < 4.78 is 5.26. The number of nitrogens with two attached hydrogens (primary N) is 1. The number of carboxylic acid groups (broad SMARTS) is 1. The molecule has 1 aromatic carbocycles. The fourth-order valence-electron chi connectivity index (χ4n) is 1.45. The number of anilines is 1. The number of carboxylic acids is 1. The van der Waals surface area contributed by atoms with E-state index in [0.29, 0.717) is 5.75 Å². The van der Waals surface area contributed by atoms with Crippen LogP contribution in [0.3, 0.4) is 0 Å². The van der Waals surface area contributed by atoms with Crippen LogP contribution in [0.5, 0.6) is 5.75 Å². The largest absolute Gasteiger partial charge is 0.480 e. The van der Waals surface area contributed by atoms with Crippen LogP contribution in [0.2, 0.25) is 0 Å². The average molecular weight is 194 g/mol. The Hall–Kier alpha value is -1.75. The van der Waals surface area contributed by atoms with Crippen LogP contribution in [0.4, 0.5) is 5.69 Å². The summed E-state index contributed by atoms with van der Waals surface area (Å²) >= 11 is 0. The van der Waals surface area contributed by atoms with Gasteiger partial charge >= 0.3 is 5.97 Å². The third-order valence-corrected chi connectivity index (χ3v) is 2.04. The molecule has 1 atom stereocenters. The first kappa shape index (κ1) is 8.83. The van der Waals surface area contributed by atoms with Crippen LogP contribution in [0.15, 0.2) is 24.3 Å². The minimum atomic E-state index is -0.930. The van der Waals surface area contributed by atoms with E-state index in [0.717, 1.165) is 5.69 Å². The molecule has 1 aliphatic rings. The summed E-state index contributed by atoms with van der Waals surface area (Å²) in [5.74, 6) is -0.304. The highest BCUT2D eigenvalue weighted by atomic mass is 16.5. The molecule has 5 heteroatoms. The molecule has 0 saturated carbocycles. The highest BCUT2D eigenvalue weighted by Crippen LogP contribution is 2.34. The van der Waals surface area contributed by atoms with Gasteiger partial charge in [-0.1, -0.05) is 12.1 Å². The average Bonchev–Trinajstić information content (AvgIpc) is 2.43. The molecule has 0 bridgehead atoms. The fourth-order valence-corrected chi connectivity index (χ4v) is 1.45. The van der Waals surface area contributed by atoms with Gasteiger partial charge in [-0.15, -0.1) is 0 Å². The van der Waals surface area contributed by atoms with Crippen molar-refractivity contribution in [2.75, 3.05) is 11.4 Å². The van der Waals surface area contributed by atoms with Crippen molar-refractivity contribution in [3.8, 4) is 5.75 Å².